The Labute approximate surface area is 288 Å². The average Bonchev–Trinajstić information content (AvgIpc) is 3.74. The molecule has 0 aromatic heterocycles. The third-order valence-corrected chi connectivity index (χ3v) is 13.3. The van der Waals surface area contributed by atoms with Crippen LogP contribution in [0, 0.1) is 5.92 Å². The molecule has 6 rings (SSSR count). The van der Waals surface area contributed by atoms with Crippen LogP contribution in [-0.4, -0.2) is 97.0 Å². The van der Waals surface area contributed by atoms with Gasteiger partial charge in [-0.2, -0.15) is 0 Å². The molecule has 2 aromatic rings. The lowest BCUT2D eigenvalue weighted by Crippen LogP contribution is -2.49. The minimum Gasteiger partial charge on any atom is -0.494 e. The summed E-state index contributed by atoms with van der Waals surface area (Å²) in [6.07, 6.45) is 2.67. The Morgan fingerprint density at radius 3 is 2.67 bits per heavy atom. The Bertz CT molecular complexity index is 1580. The van der Waals surface area contributed by atoms with E-state index in [9.17, 15) is 29.4 Å². The van der Waals surface area contributed by atoms with E-state index in [1.807, 2.05) is 57.3 Å². The maximum atomic E-state index is 14.2. The monoisotopic (exact) mass is 694 g/mol. The average molecular weight is 695 g/mol. The number of anilines is 3. The van der Waals surface area contributed by atoms with Crippen molar-refractivity contribution in [2.24, 2.45) is 5.92 Å². The number of unbranched alkanes of at least 4 members (excludes halogenated alkanes) is 1. The van der Waals surface area contributed by atoms with Crippen molar-refractivity contribution in [3.05, 3.63) is 47.5 Å². The van der Waals surface area contributed by atoms with Gasteiger partial charge in [-0.1, -0.05) is 6.92 Å². The number of aliphatic hydroxyl groups excluding tert-OH is 2. The van der Waals surface area contributed by atoms with Gasteiger partial charge < -0.3 is 40.0 Å². The van der Waals surface area contributed by atoms with Gasteiger partial charge in [-0.3, -0.25) is 19.3 Å². The van der Waals surface area contributed by atoms with Crippen molar-refractivity contribution in [3.8, 4) is 5.75 Å². The number of carbonyl (C=O) groups excluding carboxylic acids is 3. The Morgan fingerprint density at radius 1 is 1.16 bits per heavy atom. The molecule has 2 saturated heterocycles. The van der Waals surface area contributed by atoms with Crippen molar-refractivity contribution in [1.82, 2.24) is 10.2 Å². The van der Waals surface area contributed by atoms with Crippen molar-refractivity contribution in [2.45, 2.75) is 94.8 Å². The van der Waals surface area contributed by atoms with E-state index < -0.39 is 37.5 Å². The number of carbonyl (C=O) groups is 3. The molecular formula is C36H50N4O8Si. The Morgan fingerprint density at radius 2 is 1.96 bits per heavy atom. The van der Waals surface area contributed by atoms with Crippen LogP contribution in [0.5, 0.6) is 5.75 Å². The van der Waals surface area contributed by atoms with Gasteiger partial charge in [0.15, 0.2) is 13.9 Å². The number of fused-ring (bicyclic) bond motifs is 3. The largest absolute Gasteiger partial charge is 0.494 e. The first kappa shape index (κ1) is 35.5. The first-order chi connectivity index (χ1) is 23.4. The van der Waals surface area contributed by atoms with Crippen LogP contribution >= 0.6 is 0 Å². The van der Waals surface area contributed by atoms with Crippen LogP contribution in [0.25, 0.3) is 0 Å². The van der Waals surface area contributed by atoms with Crippen LogP contribution in [0.15, 0.2) is 36.4 Å². The molecule has 12 nitrogen and oxygen atoms in total. The summed E-state index contributed by atoms with van der Waals surface area (Å²) in [6, 6.07) is 10.4. The molecular weight excluding hydrogens is 645 g/mol. The number of ether oxygens (including phenoxy) is 2. The summed E-state index contributed by atoms with van der Waals surface area (Å²) in [5, 5.41) is 25.5. The third kappa shape index (κ3) is 6.41. The zero-order valence-electron chi connectivity index (χ0n) is 28.9. The number of hydrogen-bond acceptors (Lipinski definition) is 9. The van der Waals surface area contributed by atoms with Gasteiger partial charge in [-0.25, -0.2) is 0 Å². The normalized spacial score (nSPS) is 27.9. The minimum absolute atomic E-state index is 0.00364. The molecule has 3 amide bonds. The number of likely N-dealkylation sites (tertiary alicyclic amines) is 1. The summed E-state index contributed by atoms with van der Waals surface area (Å²) in [7, 11) is -3.00. The number of hydrogen-bond donors (Lipinski definition) is 5. The van der Waals surface area contributed by atoms with Crippen LogP contribution in [0.1, 0.15) is 57.1 Å². The number of rotatable bonds is 12. The van der Waals surface area contributed by atoms with Gasteiger partial charge in [-0.05, 0) is 101 Å². The fraction of sp³-hybridized carbons (Fsp3) is 0.583. The summed E-state index contributed by atoms with van der Waals surface area (Å²) in [6.45, 7) is 9.09. The highest BCUT2D eigenvalue weighted by molar-refractivity contribution is 6.71. The van der Waals surface area contributed by atoms with Gasteiger partial charge >= 0.3 is 0 Å². The summed E-state index contributed by atoms with van der Waals surface area (Å²) in [4.78, 5) is 56.8. The number of aliphatic hydroxyl groups is 2. The van der Waals surface area contributed by atoms with Crippen molar-refractivity contribution in [1.29, 1.82) is 0 Å². The van der Waals surface area contributed by atoms with Crippen molar-refractivity contribution in [3.63, 3.8) is 0 Å². The molecule has 2 fully saturated rings. The minimum atomic E-state index is -3.00. The lowest BCUT2D eigenvalue weighted by Gasteiger charge is -2.36. The van der Waals surface area contributed by atoms with E-state index in [4.69, 9.17) is 9.47 Å². The number of nitrogens with one attached hydrogen (secondary N) is 2. The highest BCUT2D eigenvalue weighted by Crippen LogP contribution is 2.59. The summed E-state index contributed by atoms with van der Waals surface area (Å²) in [5.41, 5.74) is 1.47. The van der Waals surface area contributed by atoms with Crippen LogP contribution < -0.4 is 20.3 Å². The smallest absolute Gasteiger partial charge is 0.261 e. The molecule has 0 aliphatic carbocycles. The van der Waals surface area contributed by atoms with Crippen molar-refractivity contribution in [2.75, 3.05) is 43.1 Å². The van der Waals surface area contributed by atoms with Gasteiger partial charge in [0.1, 0.15) is 5.75 Å². The summed E-state index contributed by atoms with van der Waals surface area (Å²) in [5.74, 6) is -0.399. The predicted octanol–water partition coefficient (Wildman–Crippen LogP) is 3.16. The summed E-state index contributed by atoms with van der Waals surface area (Å²) < 4.78 is 12.6. The maximum Gasteiger partial charge on any atom is 0.261 e. The fourth-order valence-electron chi connectivity index (χ4n) is 8.59. The highest BCUT2D eigenvalue weighted by atomic mass is 28.4. The molecule has 4 heterocycles. The van der Waals surface area contributed by atoms with Crippen LogP contribution in [0.4, 0.5) is 17.1 Å². The lowest BCUT2D eigenvalue weighted by molar-refractivity contribution is -0.148. The molecule has 0 saturated carbocycles. The molecule has 4 aliphatic heterocycles. The molecule has 13 heteroatoms. The first-order valence-electron chi connectivity index (χ1n) is 17.6. The standard InChI is InChI=1S/C36H50N4O8Si/c1-5-47-26-11-13-30-23(17-26)18-29(37-14-6-7-16-41)34(44)40(30)24-10-12-28-27(19-24)36(35(45)38-28)22(2)33(49(3,4)46)31(48-36)20-32(43)39-15-8-9-25(39)21-42/h10-13,17,19,22,25,29,31,33,37,41-42,46H,5-9,14-16,18,20-21H2,1-4H3,(H,38,45)/t22-,25-,29?,31+,33-,36+/m0/s1. The zero-order chi connectivity index (χ0) is 35.1. The van der Waals surface area contributed by atoms with E-state index in [2.05, 4.69) is 10.6 Å². The van der Waals surface area contributed by atoms with E-state index in [-0.39, 0.29) is 43.4 Å². The molecule has 5 N–H and O–H groups in total. The number of amides is 3. The van der Waals surface area contributed by atoms with E-state index in [0.717, 1.165) is 30.5 Å². The van der Waals surface area contributed by atoms with Gasteiger partial charge in [0.05, 0.1) is 43.5 Å². The van der Waals surface area contributed by atoms with E-state index in [0.29, 0.717) is 55.2 Å². The molecule has 4 aliphatic rings. The van der Waals surface area contributed by atoms with Gasteiger partial charge in [-0.15, -0.1) is 0 Å². The van der Waals surface area contributed by atoms with Crippen molar-refractivity contribution < 1.29 is 38.9 Å². The Kier molecular flexibility index (Phi) is 10.2. The molecule has 49 heavy (non-hydrogen) atoms. The second-order valence-electron chi connectivity index (χ2n) is 14.4. The number of nitrogens with zero attached hydrogens (tertiary/aromatic N) is 2. The maximum absolute atomic E-state index is 14.2. The van der Waals surface area contributed by atoms with Crippen LogP contribution in [0.3, 0.4) is 0 Å². The molecule has 6 atom stereocenters. The first-order valence-corrected chi connectivity index (χ1v) is 20.7. The van der Waals surface area contributed by atoms with E-state index in [1.165, 1.54) is 0 Å². The molecule has 2 aromatic carbocycles. The predicted molar refractivity (Wildman–Crippen MR) is 187 cm³/mol. The fourth-order valence-corrected chi connectivity index (χ4v) is 11.1. The Hall–Kier alpha value is -3.33. The van der Waals surface area contributed by atoms with Gasteiger partial charge in [0.25, 0.3) is 5.91 Å². The number of benzene rings is 2. The second-order valence-corrected chi connectivity index (χ2v) is 18.3. The quantitative estimate of drug-likeness (QED) is 0.166. The van der Waals surface area contributed by atoms with E-state index >= 15 is 0 Å². The molecule has 0 radical (unpaired) electrons. The van der Waals surface area contributed by atoms with E-state index in [1.54, 1.807) is 15.9 Å². The zero-order valence-corrected chi connectivity index (χ0v) is 29.9. The lowest BCUT2D eigenvalue weighted by atomic mass is 9.82. The molecule has 1 unspecified atom stereocenters. The molecule has 0 bridgehead atoms. The SMILES string of the molecule is CCOc1ccc2c(c1)CC(NCCCCO)C(=O)N2c1ccc2c(c1)[C@@]1(O[C@H](CC(=O)N3CCC[C@H]3CO)[C@@H]([Si](C)(C)O)[C@@H]1C)C(=O)N2. The third-order valence-electron chi connectivity index (χ3n) is 10.8. The Balaban J connectivity index is 1.38. The summed E-state index contributed by atoms with van der Waals surface area (Å²) >= 11 is 0. The van der Waals surface area contributed by atoms with Crippen LogP contribution in [-0.2, 0) is 31.1 Å². The molecule has 266 valence electrons. The second kappa shape index (κ2) is 14.1. The topological polar surface area (TPSA) is 161 Å². The molecule has 1 spiro atoms. The van der Waals surface area contributed by atoms with Crippen LogP contribution in [0.2, 0.25) is 18.6 Å². The van der Waals surface area contributed by atoms with Gasteiger partial charge in [0.2, 0.25) is 11.8 Å². The van der Waals surface area contributed by atoms with Gasteiger partial charge in [0, 0.05) is 41.5 Å². The highest BCUT2D eigenvalue weighted by Gasteiger charge is 2.65. The van der Waals surface area contributed by atoms with Crippen molar-refractivity contribution >= 4 is 43.1 Å².